The molecule has 0 aliphatic carbocycles. The molecule has 4 aromatic rings. The summed E-state index contributed by atoms with van der Waals surface area (Å²) in [5.41, 5.74) is 3.70. The zero-order chi connectivity index (χ0) is 22.0. The first-order chi connectivity index (χ1) is 14.9. The highest BCUT2D eigenvalue weighted by atomic mass is 32.2. The summed E-state index contributed by atoms with van der Waals surface area (Å²) in [6.07, 6.45) is 0. The van der Waals surface area contributed by atoms with E-state index < -0.39 is 0 Å². The number of benzene rings is 2. The summed E-state index contributed by atoms with van der Waals surface area (Å²) >= 11 is 2.46. The van der Waals surface area contributed by atoms with E-state index in [1.165, 1.54) is 22.0 Å². The first-order valence-electron chi connectivity index (χ1n) is 9.64. The number of amides is 1. The number of hydrogen-bond donors (Lipinski definition) is 1. The molecular weight excluding hydrogens is 433 g/mol. The lowest BCUT2D eigenvalue weighted by Crippen LogP contribution is -2.24. The Morgan fingerprint density at radius 3 is 2.74 bits per heavy atom. The number of carbonyl (C=O) groups is 1. The van der Waals surface area contributed by atoms with Gasteiger partial charge in [0.05, 0.1) is 17.8 Å². The summed E-state index contributed by atoms with van der Waals surface area (Å²) in [6.45, 7) is 4.05. The quantitative estimate of drug-likeness (QED) is 0.330. The van der Waals surface area contributed by atoms with Gasteiger partial charge in [0.25, 0.3) is 5.56 Å². The van der Waals surface area contributed by atoms with E-state index in [9.17, 15) is 14.0 Å². The fourth-order valence-corrected chi connectivity index (χ4v) is 4.69. The molecule has 0 aliphatic heterocycles. The highest BCUT2D eigenvalue weighted by Gasteiger charge is 2.16. The van der Waals surface area contributed by atoms with Gasteiger partial charge in [-0.15, -0.1) is 11.3 Å². The Kier molecular flexibility index (Phi) is 6.20. The van der Waals surface area contributed by atoms with Gasteiger partial charge in [0.1, 0.15) is 10.5 Å². The summed E-state index contributed by atoms with van der Waals surface area (Å²) in [6, 6.07) is 13.8. The maximum atomic E-state index is 14.2. The molecule has 5 nitrogen and oxygen atoms in total. The van der Waals surface area contributed by atoms with E-state index in [2.05, 4.69) is 10.3 Å². The molecule has 0 fully saturated rings. The smallest absolute Gasteiger partial charge is 0.272 e. The van der Waals surface area contributed by atoms with Crippen molar-refractivity contribution in [2.75, 3.05) is 11.1 Å². The molecule has 8 heteroatoms. The molecule has 0 unspecified atom stereocenters. The molecule has 0 saturated heterocycles. The van der Waals surface area contributed by atoms with Crippen molar-refractivity contribution in [3.05, 3.63) is 86.8 Å². The minimum absolute atomic E-state index is 0.0491. The Morgan fingerprint density at radius 1 is 1.16 bits per heavy atom. The van der Waals surface area contributed by atoms with Gasteiger partial charge in [0.15, 0.2) is 5.16 Å². The summed E-state index contributed by atoms with van der Waals surface area (Å²) in [5, 5.41) is 5.06. The molecule has 4 rings (SSSR count). The molecule has 2 aromatic carbocycles. The number of nitrogens with zero attached hydrogens (tertiary/aromatic N) is 2. The second-order valence-corrected chi connectivity index (χ2v) is 9.01. The van der Waals surface area contributed by atoms with Crippen LogP contribution in [0.15, 0.2) is 63.9 Å². The fraction of sp³-hybridized carbons (Fsp3) is 0.174. The van der Waals surface area contributed by atoms with Gasteiger partial charge < -0.3 is 5.32 Å². The van der Waals surface area contributed by atoms with Crippen molar-refractivity contribution in [3.63, 3.8) is 0 Å². The highest BCUT2D eigenvalue weighted by molar-refractivity contribution is 7.99. The molecule has 1 N–H and O–H groups in total. The van der Waals surface area contributed by atoms with Crippen molar-refractivity contribution >= 4 is 44.9 Å². The zero-order valence-electron chi connectivity index (χ0n) is 17.0. The predicted molar refractivity (Wildman–Crippen MR) is 125 cm³/mol. The van der Waals surface area contributed by atoms with Crippen LogP contribution in [0.2, 0.25) is 0 Å². The number of hydrogen-bond acceptors (Lipinski definition) is 5. The lowest BCUT2D eigenvalue weighted by atomic mass is 10.1. The van der Waals surface area contributed by atoms with Gasteiger partial charge in [-0.25, -0.2) is 9.37 Å². The third-order valence-electron chi connectivity index (χ3n) is 4.94. The number of anilines is 1. The van der Waals surface area contributed by atoms with Crippen LogP contribution in [0.1, 0.15) is 16.7 Å². The maximum absolute atomic E-state index is 14.2. The first-order valence-corrected chi connectivity index (χ1v) is 11.5. The average Bonchev–Trinajstić information content (AvgIpc) is 3.22. The van der Waals surface area contributed by atoms with Gasteiger partial charge in [-0.2, -0.15) is 0 Å². The van der Waals surface area contributed by atoms with E-state index in [0.717, 1.165) is 28.6 Å². The molecular formula is C23H20FN3O2S2. The molecule has 0 radical (unpaired) electrons. The van der Waals surface area contributed by atoms with Crippen molar-refractivity contribution in [3.8, 4) is 0 Å². The molecule has 158 valence electrons. The Hall–Kier alpha value is -2.97. The van der Waals surface area contributed by atoms with Gasteiger partial charge >= 0.3 is 0 Å². The van der Waals surface area contributed by atoms with Crippen LogP contribution >= 0.6 is 23.1 Å². The number of fused-ring (bicyclic) bond motifs is 1. The average molecular weight is 454 g/mol. The van der Waals surface area contributed by atoms with Crippen LogP contribution in [0, 0.1) is 19.7 Å². The summed E-state index contributed by atoms with van der Waals surface area (Å²) in [4.78, 5) is 30.1. The number of aryl methyl sites for hydroxylation is 2. The SMILES string of the molecule is Cc1ccc(NC(=O)CSc2nc3ccsc3c(=O)n2Cc2ccccc2F)cc1C. The largest absolute Gasteiger partial charge is 0.325 e. The number of aromatic nitrogens is 2. The number of thioether (sulfide) groups is 1. The molecule has 31 heavy (non-hydrogen) atoms. The number of rotatable bonds is 6. The summed E-state index contributed by atoms with van der Waals surface area (Å²) in [5.74, 6) is -0.513. The monoisotopic (exact) mass is 453 g/mol. The van der Waals surface area contributed by atoms with Gasteiger partial charge in [-0.3, -0.25) is 14.2 Å². The lowest BCUT2D eigenvalue weighted by molar-refractivity contribution is -0.113. The van der Waals surface area contributed by atoms with Crippen molar-refractivity contribution < 1.29 is 9.18 Å². The minimum atomic E-state index is -0.385. The van der Waals surface area contributed by atoms with Crippen molar-refractivity contribution in [1.82, 2.24) is 9.55 Å². The van der Waals surface area contributed by atoms with Gasteiger partial charge in [0.2, 0.25) is 5.91 Å². The molecule has 2 aromatic heterocycles. The Bertz CT molecular complexity index is 1330. The minimum Gasteiger partial charge on any atom is -0.325 e. The van der Waals surface area contributed by atoms with Crippen LogP contribution < -0.4 is 10.9 Å². The summed E-state index contributed by atoms with van der Waals surface area (Å²) < 4.78 is 16.2. The first kappa shape index (κ1) is 21.3. The van der Waals surface area contributed by atoms with Gasteiger partial charge in [-0.1, -0.05) is 36.0 Å². The molecule has 0 aliphatic rings. The fourth-order valence-electron chi connectivity index (χ4n) is 3.12. The molecule has 0 atom stereocenters. The van der Waals surface area contributed by atoms with Crippen LogP contribution in [0.3, 0.4) is 0 Å². The highest BCUT2D eigenvalue weighted by Crippen LogP contribution is 2.23. The van der Waals surface area contributed by atoms with Crippen LogP contribution in [-0.4, -0.2) is 21.2 Å². The van der Waals surface area contributed by atoms with Crippen molar-refractivity contribution in [1.29, 1.82) is 0 Å². The van der Waals surface area contributed by atoms with Gasteiger partial charge in [0, 0.05) is 11.3 Å². The Morgan fingerprint density at radius 2 is 1.97 bits per heavy atom. The molecule has 2 heterocycles. The van der Waals surface area contributed by atoms with E-state index in [4.69, 9.17) is 0 Å². The van der Waals surface area contributed by atoms with E-state index in [1.807, 2.05) is 32.0 Å². The predicted octanol–water partition coefficient (Wildman–Crippen LogP) is 4.99. The van der Waals surface area contributed by atoms with Crippen molar-refractivity contribution in [2.24, 2.45) is 0 Å². The molecule has 0 saturated carbocycles. The molecule has 0 spiro atoms. The number of halogens is 1. The Balaban J connectivity index is 1.58. The molecule has 0 bridgehead atoms. The third-order valence-corrected chi connectivity index (χ3v) is 6.81. The standard InChI is InChI=1S/C23H20FN3O2S2/c1-14-7-8-17(11-15(14)2)25-20(28)13-31-23-26-19-9-10-30-21(19)22(29)27(23)12-16-5-3-4-6-18(16)24/h3-11H,12-13H2,1-2H3,(H,25,28). The number of nitrogens with one attached hydrogen (secondary N) is 1. The van der Waals surface area contributed by atoms with Crippen LogP contribution in [0.25, 0.3) is 10.2 Å². The third kappa shape index (κ3) is 4.70. The van der Waals surface area contributed by atoms with E-state index >= 15 is 0 Å². The maximum Gasteiger partial charge on any atom is 0.272 e. The summed E-state index contributed by atoms with van der Waals surface area (Å²) in [7, 11) is 0. The van der Waals surface area contributed by atoms with Gasteiger partial charge in [-0.05, 0) is 54.6 Å². The number of carbonyl (C=O) groups excluding carboxylic acids is 1. The van der Waals surface area contributed by atoms with Crippen molar-refractivity contribution in [2.45, 2.75) is 25.5 Å². The second kappa shape index (κ2) is 9.03. The second-order valence-electron chi connectivity index (χ2n) is 7.15. The van der Waals surface area contributed by atoms with E-state index in [1.54, 1.807) is 29.6 Å². The van der Waals surface area contributed by atoms with E-state index in [-0.39, 0.29) is 29.6 Å². The van der Waals surface area contributed by atoms with Crippen LogP contribution in [0.4, 0.5) is 10.1 Å². The van der Waals surface area contributed by atoms with E-state index in [0.29, 0.717) is 20.9 Å². The zero-order valence-corrected chi connectivity index (χ0v) is 18.6. The normalized spacial score (nSPS) is 11.1. The molecule has 1 amide bonds. The van der Waals surface area contributed by atoms with Crippen LogP contribution in [0.5, 0.6) is 0 Å². The lowest BCUT2D eigenvalue weighted by Gasteiger charge is -2.13. The topological polar surface area (TPSA) is 64.0 Å². The number of thiophene rings is 1. The van der Waals surface area contributed by atoms with Crippen LogP contribution in [-0.2, 0) is 11.3 Å². The Labute approximate surface area is 187 Å².